The summed E-state index contributed by atoms with van der Waals surface area (Å²) in [6.07, 6.45) is 3.52. The van der Waals surface area contributed by atoms with E-state index in [2.05, 4.69) is 15.2 Å². The topological polar surface area (TPSA) is 38.7 Å². The van der Waals surface area contributed by atoms with Crippen molar-refractivity contribution in [3.63, 3.8) is 0 Å². The summed E-state index contributed by atoms with van der Waals surface area (Å²) in [7, 11) is 0. The van der Waals surface area contributed by atoms with Gasteiger partial charge < -0.3 is 0 Å². The maximum absolute atomic E-state index is 4.06. The van der Waals surface area contributed by atoms with Crippen LogP contribution in [0.25, 0.3) is 11.3 Å². The summed E-state index contributed by atoms with van der Waals surface area (Å²) in [5.74, 6) is 0. The van der Waals surface area contributed by atoms with E-state index < -0.39 is 0 Å². The van der Waals surface area contributed by atoms with Crippen molar-refractivity contribution in [3.8, 4) is 11.3 Å². The highest BCUT2D eigenvalue weighted by Crippen LogP contribution is 2.13. The molecule has 0 atom stereocenters. The van der Waals surface area contributed by atoms with Crippen molar-refractivity contribution in [3.05, 3.63) is 42.4 Å². The van der Waals surface area contributed by atoms with E-state index in [0.717, 1.165) is 17.0 Å². The van der Waals surface area contributed by atoms with Gasteiger partial charge in [0.2, 0.25) is 0 Å². The quantitative estimate of drug-likeness (QED) is 0.657. The molecule has 0 aliphatic heterocycles. The molecule has 0 fully saturated rings. The first-order valence-corrected chi connectivity index (χ1v) is 4.07. The SMILES string of the molecule is Cc1ccc(-c2cccnc2)nn1. The van der Waals surface area contributed by atoms with Crippen molar-refractivity contribution in [1.29, 1.82) is 0 Å². The summed E-state index contributed by atoms with van der Waals surface area (Å²) in [6.45, 7) is 1.92. The maximum atomic E-state index is 4.06. The van der Waals surface area contributed by atoms with Gasteiger partial charge in [-0.05, 0) is 31.2 Å². The van der Waals surface area contributed by atoms with E-state index in [0.29, 0.717) is 0 Å². The van der Waals surface area contributed by atoms with Crippen LogP contribution in [-0.2, 0) is 0 Å². The highest BCUT2D eigenvalue weighted by molar-refractivity contribution is 5.56. The average molecular weight is 171 g/mol. The van der Waals surface area contributed by atoms with E-state index in [9.17, 15) is 0 Å². The minimum atomic E-state index is 0.860. The molecule has 0 amide bonds. The minimum absolute atomic E-state index is 0.860. The fourth-order valence-electron chi connectivity index (χ4n) is 1.07. The van der Waals surface area contributed by atoms with Crippen LogP contribution in [0.1, 0.15) is 5.69 Å². The lowest BCUT2D eigenvalue weighted by Gasteiger charge is -1.97. The molecule has 2 aromatic heterocycles. The molecule has 2 heterocycles. The zero-order valence-electron chi connectivity index (χ0n) is 7.31. The standard InChI is InChI=1S/C10H9N3/c1-8-4-5-10(13-12-8)9-3-2-6-11-7-9/h2-7H,1H3. The molecule has 2 rings (SSSR count). The van der Waals surface area contributed by atoms with Crippen LogP contribution in [0.4, 0.5) is 0 Å². The number of rotatable bonds is 1. The van der Waals surface area contributed by atoms with E-state index in [1.165, 1.54) is 0 Å². The number of hydrogen-bond acceptors (Lipinski definition) is 3. The fraction of sp³-hybridized carbons (Fsp3) is 0.100. The van der Waals surface area contributed by atoms with Crippen LogP contribution < -0.4 is 0 Å². The van der Waals surface area contributed by atoms with Crippen LogP contribution in [0, 0.1) is 6.92 Å². The lowest BCUT2D eigenvalue weighted by atomic mass is 10.2. The van der Waals surface area contributed by atoms with Crippen molar-refractivity contribution in [2.75, 3.05) is 0 Å². The molecule has 3 heteroatoms. The number of aryl methyl sites for hydroxylation is 1. The van der Waals surface area contributed by atoms with E-state index in [1.54, 1.807) is 12.4 Å². The number of nitrogens with zero attached hydrogens (tertiary/aromatic N) is 3. The summed E-state index contributed by atoms with van der Waals surface area (Å²) in [5.41, 5.74) is 2.78. The van der Waals surface area contributed by atoms with Gasteiger partial charge in [0.25, 0.3) is 0 Å². The van der Waals surface area contributed by atoms with Crippen LogP contribution in [0.3, 0.4) is 0 Å². The van der Waals surface area contributed by atoms with Gasteiger partial charge in [-0.25, -0.2) is 0 Å². The molecule has 0 aliphatic rings. The van der Waals surface area contributed by atoms with Gasteiger partial charge in [-0.15, -0.1) is 0 Å². The van der Waals surface area contributed by atoms with Crippen LogP contribution in [0.15, 0.2) is 36.7 Å². The number of aromatic nitrogens is 3. The van der Waals surface area contributed by atoms with Gasteiger partial charge in [-0.3, -0.25) is 4.98 Å². The molecular formula is C10H9N3. The van der Waals surface area contributed by atoms with Crippen LogP contribution >= 0.6 is 0 Å². The Bertz CT molecular complexity index is 381. The predicted octanol–water partition coefficient (Wildman–Crippen LogP) is 1.85. The molecule has 0 aromatic carbocycles. The van der Waals surface area contributed by atoms with Gasteiger partial charge in [0.1, 0.15) is 0 Å². The van der Waals surface area contributed by atoms with Crippen molar-refractivity contribution in [1.82, 2.24) is 15.2 Å². The molecule has 0 unspecified atom stereocenters. The predicted molar refractivity (Wildman–Crippen MR) is 50.0 cm³/mol. The van der Waals surface area contributed by atoms with E-state index in [4.69, 9.17) is 0 Å². The van der Waals surface area contributed by atoms with Gasteiger partial charge in [-0.2, -0.15) is 10.2 Å². The first-order chi connectivity index (χ1) is 6.36. The summed E-state index contributed by atoms with van der Waals surface area (Å²) in [5, 5.41) is 8.04. The van der Waals surface area contributed by atoms with Gasteiger partial charge in [0.15, 0.2) is 0 Å². The second-order valence-electron chi connectivity index (χ2n) is 2.80. The lowest BCUT2D eigenvalue weighted by molar-refractivity contribution is 0.986. The first kappa shape index (κ1) is 7.86. The third-order valence-corrected chi connectivity index (χ3v) is 1.76. The molecule has 0 aliphatic carbocycles. The zero-order chi connectivity index (χ0) is 9.10. The maximum Gasteiger partial charge on any atom is 0.0945 e. The largest absolute Gasteiger partial charge is 0.264 e. The summed E-state index contributed by atoms with van der Waals surface area (Å²) >= 11 is 0. The summed E-state index contributed by atoms with van der Waals surface area (Å²) < 4.78 is 0. The Kier molecular flexibility index (Phi) is 2.00. The van der Waals surface area contributed by atoms with Crippen molar-refractivity contribution in [2.24, 2.45) is 0 Å². The smallest absolute Gasteiger partial charge is 0.0945 e. The molecule has 64 valence electrons. The molecule has 0 spiro atoms. The molecule has 0 bridgehead atoms. The Morgan fingerprint density at radius 2 is 2.00 bits per heavy atom. The Morgan fingerprint density at radius 3 is 2.62 bits per heavy atom. The van der Waals surface area contributed by atoms with Crippen LogP contribution in [-0.4, -0.2) is 15.2 Å². The lowest BCUT2D eigenvalue weighted by Crippen LogP contribution is -1.89. The Labute approximate surface area is 76.5 Å². The second-order valence-corrected chi connectivity index (χ2v) is 2.80. The Morgan fingerprint density at radius 1 is 1.08 bits per heavy atom. The van der Waals surface area contributed by atoms with Crippen LogP contribution in [0.2, 0.25) is 0 Å². The molecule has 0 saturated carbocycles. The van der Waals surface area contributed by atoms with E-state index in [-0.39, 0.29) is 0 Å². The highest BCUT2D eigenvalue weighted by atomic mass is 15.1. The van der Waals surface area contributed by atoms with Crippen molar-refractivity contribution < 1.29 is 0 Å². The normalized spacial score (nSPS) is 9.92. The first-order valence-electron chi connectivity index (χ1n) is 4.07. The van der Waals surface area contributed by atoms with Crippen molar-refractivity contribution in [2.45, 2.75) is 6.92 Å². The second kappa shape index (κ2) is 3.31. The molecule has 2 aromatic rings. The van der Waals surface area contributed by atoms with Gasteiger partial charge in [0, 0.05) is 18.0 Å². The van der Waals surface area contributed by atoms with Gasteiger partial charge in [-0.1, -0.05) is 0 Å². The molecule has 3 nitrogen and oxygen atoms in total. The third kappa shape index (κ3) is 1.69. The number of hydrogen-bond donors (Lipinski definition) is 0. The zero-order valence-corrected chi connectivity index (χ0v) is 7.31. The highest BCUT2D eigenvalue weighted by Gasteiger charge is 1.97. The summed E-state index contributed by atoms with van der Waals surface area (Å²) in [4.78, 5) is 4.02. The van der Waals surface area contributed by atoms with Gasteiger partial charge >= 0.3 is 0 Å². The average Bonchev–Trinajstić information content (AvgIpc) is 2.20. The van der Waals surface area contributed by atoms with Gasteiger partial charge in [0.05, 0.1) is 11.4 Å². The Balaban J connectivity index is 2.42. The molecule has 0 radical (unpaired) electrons. The van der Waals surface area contributed by atoms with E-state index >= 15 is 0 Å². The molecular weight excluding hydrogens is 162 g/mol. The third-order valence-electron chi connectivity index (χ3n) is 1.76. The molecule has 13 heavy (non-hydrogen) atoms. The minimum Gasteiger partial charge on any atom is -0.264 e. The Hall–Kier alpha value is -1.77. The monoisotopic (exact) mass is 171 g/mol. The van der Waals surface area contributed by atoms with Crippen molar-refractivity contribution >= 4 is 0 Å². The van der Waals surface area contributed by atoms with E-state index in [1.807, 2.05) is 31.2 Å². The fourth-order valence-corrected chi connectivity index (χ4v) is 1.07. The molecule has 0 N–H and O–H groups in total. The number of pyridine rings is 1. The molecule has 0 saturated heterocycles. The van der Waals surface area contributed by atoms with Crippen LogP contribution in [0.5, 0.6) is 0 Å². The summed E-state index contributed by atoms with van der Waals surface area (Å²) in [6, 6.07) is 7.73.